The van der Waals surface area contributed by atoms with Crippen molar-refractivity contribution in [2.24, 2.45) is 5.16 Å². The lowest BCUT2D eigenvalue weighted by Gasteiger charge is -2.17. The van der Waals surface area contributed by atoms with Crippen LogP contribution in [-0.2, 0) is 14.4 Å². The maximum absolute atomic E-state index is 12.1. The van der Waals surface area contributed by atoms with Gasteiger partial charge < -0.3 is 4.74 Å². The van der Waals surface area contributed by atoms with Crippen LogP contribution in [0.5, 0.6) is 0 Å². The molecule has 0 heterocycles. The minimum atomic E-state index is -1.08. The predicted molar refractivity (Wildman–Crippen MR) is 76.2 cm³/mol. The van der Waals surface area contributed by atoms with Gasteiger partial charge in [-0.15, -0.1) is 0 Å². The number of carbonyl (C=O) groups excluding carboxylic acids is 3. The Labute approximate surface area is 122 Å². The molecule has 0 aliphatic rings. The van der Waals surface area contributed by atoms with Crippen LogP contribution < -0.4 is 0 Å². The van der Waals surface area contributed by atoms with E-state index in [-0.39, 0.29) is 5.56 Å². The van der Waals surface area contributed by atoms with Gasteiger partial charge in [-0.1, -0.05) is 35.5 Å². The van der Waals surface area contributed by atoms with Gasteiger partial charge in [0.25, 0.3) is 0 Å². The zero-order valence-corrected chi connectivity index (χ0v) is 12.4. The minimum Gasteiger partial charge on any atom is -0.427 e. The van der Waals surface area contributed by atoms with Crippen molar-refractivity contribution >= 4 is 23.4 Å². The van der Waals surface area contributed by atoms with Crippen LogP contribution in [0.25, 0.3) is 0 Å². The number of carbonyl (C=O) groups is 3. The Morgan fingerprint density at radius 2 is 1.62 bits per heavy atom. The molecular formula is C15H17NO5. The first kappa shape index (κ1) is 16.6. The molecule has 1 rings (SSSR count). The van der Waals surface area contributed by atoms with Crippen molar-refractivity contribution in [1.29, 1.82) is 0 Å². The van der Waals surface area contributed by atoms with E-state index in [0.29, 0.717) is 0 Å². The SMILES string of the molecule is CC(=O)/C(=N\OC(=O)OC(C)(C)C)C(=O)c1ccccc1. The Bertz CT molecular complexity index is 569. The van der Waals surface area contributed by atoms with E-state index < -0.39 is 29.0 Å². The van der Waals surface area contributed by atoms with Gasteiger partial charge in [0.05, 0.1) is 0 Å². The van der Waals surface area contributed by atoms with Gasteiger partial charge in [-0.3, -0.25) is 14.4 Å². The molecule has 0 aromatic heterocycles. The quantitative estimate of drug-likeness (QED) is 0.213. The number of nitrogens with zero attached hydrogens (tertiary/aromatic N) is 1. The molecule has 0 unspecified atom stereocenters. The fourth-order valence-electron chi connectivity index (χ4n) is 1.34. The summed E-state index contributed by atoms with van der Waals surface area (Å²) in [6.45, 7) is 6.12. The third-order valence-electron chi connectivity index (χ3n) is 2.19. The number of hydrogen-bond donors (Lipinski definition) is 0. The van der Waals surface area contributed by atoms with Gasteiger partial charge in [-0.05, 0) is 20.8 Å². The molecule has 0 atom stereocenters. The van der Waals surface area contributed by atoms with Crippen LogP contribution in [0.4, 0.5) is 4.79 Å². The summed E-state index contributed by atoms with van der Waals surface area (Å²) in [5.74, 6) is -1.22. The summed E-state index contributed by atoms with van der Waals surface area (Å²) in [6, 6.07) is 8.11. The molecule has 0 amide bonds. The van der Waals surface area contributed by atoms with E-state index in [2.05, 4.69) is 9.99 Å². The Morgan fingerprint density at radius 1 is 1.05 bits per heavy atom. The van der Waals surface area contributed by atoms with Gasteiger partial charge in [0.2, 0.25) is 5.78 Å². The number of ether oxygens (including phenoxy) is 1. The van der Waals surface area contributed by atoms with Crippen LogP contribution in [0.15, 0.2) is 35.5 Å². The molecular weight excluding hydrogens is 274 g/mol. The summed E-state index contributed by atoms with van der Waals surface area (Å²) in [5, 5.41) is 3.33. The summed E-state index contributed by atoms with van der Waals surface area (Å²) in [4.78, 5) is 39.4. The summed E-state index contributed by atoms with van der Waals surface area (Å²) < 4.78 is 4.86. The average molecular weight is 291 g/mol. The van der Waals surface area contributed by atoms with Gasteiger partial charge >= 0.3 is 6.16 Å². The summed E-state index contributed by atoms with van der Waals surface area (Å²) in [5.41, 5.74) is -0.946. The van der Waals surface area contributed by atoms with Gasteiger partial charge in [0.1, 0.15) is 5.60 Å². The van der Waals surface area contributed by atoms with E-state index in [4.69, 9.17) is 4.74 Å². The lowest BCUT2D eigenvalue weighted by atomic mass is 10.1. The van der Waals surface area contributed by atoms with Crippen LogP contribution in [0.1, 0.15) is 38.1 Å². The van der Waals surface area contributed by atoms with E-state index in [1.807, 2.05) is 0 Å². The molecule has 0 N–H and O–H groups in total. The van der Waals surface area contributed by atoms with Crippen LogP contribution >= 0.6 is 0 Å². The number of benzene rings is 1. The molecule has 112 valence electrons. The predicted octanol–water partition coefficient (Wildman–Crippen LogP) is 2.77. The highest BCUT2D eigenvalue weighted by Gasteiger charge is 2.22. The number of rotatable bonds is 4. The fraction of sp³-hybridized carbons (Fsp3) is 0.333. The number of Topliss-reactive ketones (excluding diaryl/α,β-unsaturated/α-hetero) is 2. The van der Waals surface area contributed by atoms with Gasteiger partial charge in [0, 0.05) is 12.5 Å². The largest absolute Gasteiger partial charge is 0.535 e. The molecule has 0 aliphatic heterocycles. The minimum absolute atomic E-state index is 0.277. The molecule has 6 heteroatoms. The maximum Gasteiger partial charge on any atom is 0.535 e. The first-order valence-electron chi connectivity index (χ1n) is 6.29. The second-order valence-corrected chi connectivity index (χ2v) is 5.25. The van der Waals surface area contributed by atoms with Crippen molar-refractivity contribution in [1.82, 2.24) is 0 Å². The van der Waals surface area contributed by atoms with Crippen LogP contribution in [0.3, 0.4) is 0 Å². The van der Waals surface area contributed by atoms with E-state index in [1.54, 1.807) is 39.0 Å². The lowest BCUT2D eigenvalue weighted by Crippen LogP contribution is -2.26. The van der Waals surface area contributed by atoms with E-state index >= 15 is 0 Å². The maximum atomic E-state index is 12.1. The third kappa shape index (κ3) is 5.56. The van der Waals surface area contributed by atoms with Gasteiger partial charge in [-0.25, -0.2) is 4.79 Å². The normalized spacial score (nSPS) is 11.7. The molecule has 1 aromatic rings. The molecule has 1 aromatic carbocycles. The first-order valence-corrected chi connectivity index (χ1v) is 6.29. The molecule has 0 saturated carbocycles. The van der Waals surface area contributed by atoms with Crippen molar-refractivity contribution in [3.63, 3.8) is 0 Å². The second-order valence-electron chi connectivity index (χ2n) is 5.25. The van der Waals surface area contributed by atoms with Crippen molar-refractivity contribution in [3.05, 3.63) is 35.9 Å². The highest BCUT2D eigenvalue weighted by molar-refractivity contribution is 6.68. The van der Waals surface area contributed by atoms with E-state index in [0.717, 1.165) is 6.92 Å². The third-order valence-corrected chi connectivity index (χ3v) is 2.19. The Hall–Kier alpha value is -2.50. The standard InChI is InChI=1S/C15H17NO5/c1-10(17)12(13(18)11-8-6-5-7-9-11)16-21-14(19)20-15(2,3)4/h5-9H,1-4H3/b16-12+. The lowest BCUT2D eigenvalue weighted by molar-refractivity contribution is -0.111. The summed E-state index contributed by atoms with van der Waals surface area (Å²) in [7, 11) is 0. The average Bonchev–Trinajstić information content (AvgIpc) is 2.37. The molecule has 0 aliphatic carbocycles. The van der Waals surface area contributed by atoms with Crippen molar-refractivity contribution in [3.8, 4) is 0 Å². The molecule has 21 heavy (non-hydrogen) atoms. The van der Waals surface area contributed by atoms with Crippen molar-refractivity contribution in [2.45, 2.75) is 33.3 Å². The molecule has 0 fully saturated rings. The summed E-state index contributed by atoms with van der Waals surface area (Å²) >= 11 is 0. The summed E-state index contributed by atoms with van der Waals surface area (Å²) in [6.07, 6.45) is -1.08. The number of ketones is 2. The molecule has 0 bridgehead atoms. The molecule has 0 spiro atoms. The zero-order chi connectivity index (χ0) is 16.0. The van der Waals surface area contributed by atoms with E-state index in [9.17, 15) is 14.4 Å². The smallest absolute Gasteiger partial charge is 0.427 e. The Morgan fingerprint density at radius 3 is 2.10 bits per heavy atom. The van der Waals surface area contributed by atoms with Crippen LogP contribution in [0.2, 0.25) is 0 Å². The first-order chi connectivity index (χ1) is 9.70. The highest BCUT2D eigenvalue weighted by atomic mass is 16.8. The monoisotopic (exact) mass is 291 g/mol. The van der Waals surface area contributed by atoms with Gasteiger partial charge in [0.15, 0.2) is 11.5 Å². The second kappa shape index (κ2) is 6.78. The topological polar surface area (TPSA) is 82.0 Å². The molecule has 0 saturated heterocycles. The van der Waals surface area contributed by atoms with Crippen LogP contribution in [0, 0.1) is 0 Å². The van der Waals surface area contributed by atoms with Crippen molar-refractivity contribution in [2.75, 3.05) is 0 Å². The Kier molecular flexibility index (Phi) is 5.35. The van der Waals surface area contributed by atoms with Crippen LogP contribution in [-0.4, -0.2) is 29.0 Å². The number of oxime groups is 1. The highest BCUT2D eigenvalue weighted by Crippen LogP contribution is 2.09. The van der Waals surface area contributed by atoms with E-state index in [1.165, 1.54) is 12.1 Å². The Balaban J connectivity index is 2.88. The van der Waals surface area contributed by atoms with Crippen molar-refractivity contribution < 1.29 is 24.0 Å². The molecule has 6 nitrogen and oxygen atoms in total. The number of hydrogen-bond acceptors (Lipinski definition) is 6. The molecule has 0 radical (unpaired) electrons. The fourth-order valence-corrected chi connectivity index (χ4v) is 1.34. The zero-order valence-electron chi connectivity index (χ0n) is 12.4. The van der Waals surface area contributed by atoms with Gasteiger partial charge in [-0.2, -0.15) is 0 Å².